The van der Waals surface area contributed by atoms with Crippen molar-refractivity contribution in [2.45, 2.75) is 33.1 Å². The van der Waals surface area contributed by atoms with E-state index in [-0.39, 0.29) is 5.82 Å². The number of halogens is 1. The van der Waals surface area contributed by atoms with Crippen molar-refractivity contribution in [2.75, 3.05) is 11.9 Å². The highest BCUT2D eigenvalue weighted by atomic mass is 19.1. The molecule has 0 fully saturated rings. The van der Waals surface area contributed by atoms with Crippen molar-refractivity contribution in [3.63, 3.8) is 0 Å². The predicted molar refractivity (Wildman–Crippen MR) is 96.8 cm³/mol. The van der Waals surface area contributed by atoms with E-state index in [2.05, 4.69) is 31.3 Å². The van der Waals surface area contributed by atoms with E-state index in [9.17, 15) is 4.39 Å². The molecule has 4 rings (SSSR count). The van der Waals surface area contributed by atoms with Gasteiger partial charge in [0.15, 0.2) is 0 Å². The molecular formula is C19H21FN6. The standard InChI is InChI=1S/C19H21FN6/c1-14-2-3-15(18(20)8-14)12-25-6-7-26-17(13-25)9-16(24-26)10-23-19-11-21-4-5-22-19/h2-5,8-9,11H,6-7,10,12-13H2,1H3,(H,22,23). The van der Waals surface area contributed by atoms with Crippen molar-refractivity contribution in [2.24, 2.45) is 0 Å². The Morgan fingerprint density at radius 2 is 2.12 bits per heavy atom. The first kappa shape index (κ1) is 16.7. The van der Waals surface area contributed by atoms with Crippen molar-refractivity contribution in [3.8, 4) is 0 Å². The molecule has 1 aliphatic rings. The number of nitrogens with zero attached hydrogens (tertiary/aromatic N) is 5. The van der Waals surface area contributed by atoms with Crippen LogP contribution in [0.15, 0.2) is 42.9 Å². The molecule has 0 radical (unpaired) electrons. The summed E-state index contributed by atoms with van der Waals surface area (Å²) in [5.74, 6) is 0.605. The molecule has 0 atom stereocenters. The van der Waals surface area contributed by atoms with Gasteiger partial charge in [0.1, 0.15) is 11.6 Å². The molecule has 6 nitrogen and oxygen atoms in total. The Morgan fingerprint density at radius 1 is 1.19 bits per heavy atom. The van der Waals surface area contributed by atoms with Gasteiger partial charge in [-0.1, -0.05) is 12.1 Å². The number of aryl methyl sites for hydroxylation is 1. The zero-order valence-corrected chi connectivity index (χ0v) is 14.7. The lowest BCUT2D eigenvalue weighted by atomic mass is 10.1. The molecule has 0 aliphatic carbocycles. The minimum atomic E-state index is -0.127. The fraction of sp³-hybridized carbons (Fsp3) is 0.316. The second kappa shape index (κ2) is 7.21. The first-order chi connectivity index (χ1) is 12.7. The molecule has 0 saturated carbocycles. The molecule has 1 N–H and O–H groups in total. The van der Waals surface area contributed by atoms with Crippen molar-refractivity contribution < 1.29 is 4.39 Å². The van der Waals surface area contributed by atoms with E-state index in [4.69, 9.17) is 0 Å². The highest BCUT2D eigenvalue weighted by Gasteiger charge is 2.19. The Kier molecular flexibility index (Phi) is 4.62. The van der Waals surface area contributed by atoms with Crippen LogP contribution in [0.4, 0.5) is 10.2 Å². The van der Waals surface area contributed by atoms with Crippen LogP contribution in [-0.4, -0.2) is 31.2 Å². The molecule has 0 unspecified atom stereocenters. The number of anilines is 1. The molecule has 0 saturated heterocycles. The Bertz CT molecular complexity index is 892. The highest BCUT2D eigenvalue weighted by molar-refractivity contribution is 5.31. The predicted octanol–water partition coefficient (Wildman–Crippen LogP) is 2.75. The maximum atomic E-state index is 14.1. The molecular weight excluding hydrogens is 331 g/mol. The van der Waals surface area contributed by atoms with Gasteiger partial charge in [-0.3, -0.25) is 14.6 Å². The van der Waals surface area contributed by atoms with Crippen molar-refractivity contribution >= 4 is 5.82 Å². The molecule has 1 aliphatic heterocycles. The Hall–Kier alpha value is -2.80. The highest BCUT2D eigenvalue weighted by Crippen LogP contribution is 2.19. The van der Waals surface area contributed by atoms with Crippen LogP contribution >= 0.6 is 0 Å². The van der Waals surface area contributed by atoms with Crippen LogP contribution in [0, 0.1) is 12.7 Å². The van der Waals surface area contributed by atoms with E-state index in [0.29, 0.717) is 13.1 Å². The number of rotatable bonds is 5. The Labute approximate surface area is 151 Å². The molecule has 134 valence electrons. The number of hydrogen-bond donors (Lipinski definition) is 1. The zero-order valence-electron chi connectivity index (χ0n) is 14.7. The molecule has 0 amide bonds. The number of nitrogens with one attached hydrogen (secondary N) is 1. The maximum Gasteiger partial charge on any atom is 0.144 e. The monoisotopic (exact) mass is 352 g/mol. The van der Waals surface area contributed by atoms with E-state index < -0.39 is 0 Å². The van der Waals surface area contributed by atoms with Gasteiger partial charge < -0.3 is 5.32 Å². The third-order valence-electron chi connectivity index (χ3n) is 4.54. The smallest absolute Gasteiger partial charge is 0.144 e. The van der Waals surface area contributed by atoms with Gasteiger partial charge in [0.05, 0.1) is 30.7 Å². The van der Waals surface area contributed by atoms with E-state index in [1.54, 1.807) is 24.7 Å². The fourth-order valence-electron chi connectivity index (χ4n) is 3.19. The number of aromatic nitrogens is 4. The SMILES string of the molecule is Cc1ccc(CN2CCn3nc(CNc4cnccn4)cc3C2)c(F)c1. The van der Waals surface area contributed by atoms with Crippen LogP contribution in [-0.2, 0) is 26.2 Å². The van der Waals surface area contributed by atoms with Gasteiger partial charge in [-0.05, 0) is 24.6 Å². The van der Waals surface area contributed by atoms with E-state index in [1.807, 2.05) is 23.7 Å². The largest absolute Gasteiger partial charge is 0.363 e. The quantitative estimate of drug-likeness (QED) is 0.765. The maximum absolute atomic E-state index is 14.1. The van der Waals surface area contributed by atoms with Crippen molar-refractivity contribution in [3.05, 3.63) is 71.2 Å². The average Bonchev–Trinajstić information content (AvgIpc) is 3.05. The molecule has 2 aromatic heterocycles. The van der Waals surface area contributed by atoms with Gasteiger partial charge in [0, 0.05) is 37.6 Å². The molecule has 0 spiro atoms. The van der Waals surface area contributed by atoms with Gasteiger partial charge >= 0.3 is 0 Å². The van der Waals surface area contributed by atoms with Crippen LogP contribution in [0.5, 0.6) is 0 Å². The van der Waals surface area contributed by atoms with Gasteiger partial charge in [0.2, 0.25) is 0 Å². The Morgan fingerprint density at radius 3 is 2.92 bits per heavy atom. The van der Waals surface area contributed by atoms with E-state index in [0.717, 1.165) is 48.0 Å². The lowest BCUT2D eigenvalue weighted by Crippen LogP contribution is -2.33. The summed E-state index contributed by atoms with van der Waals surface area (Å²) in [7, 11) is 0. The summed E-state index contributed by atoms with van der Waals surface area (Å²) < 4.78 is 16.1. The summed E-state index contributed by atoms with van der Waals surface area (Å²) in [5.41, 5.74) is 3.81. The number of benzene rings is 1. The van der Waals surface area contributed by atoms with Crippen LogP contribution in [0.3, 0.4) is 0 Å². The molecule has 7 heteroatoms. The molecule has 0 bridgehead atoms. The first-order valence-electron chi connectivity index (χ1n) is 8.70. The van der Waals surface area contributed by atoms with E-state index >= 15 is 0 Å². The van der Waals surface area contributed by atoms with Crippen molar-refractivity contribution in [1.82, 2.24) is 24.6 Å². The summed E-state index contributed by atoms with van der Waals surface area (Å²) >= 11 is 0. The van der Waals surface area contributed by atoms with Crippen molar-refractivity contribution in [1.29, 1.82) is 0 Å². The summed E-state index contributed by atoms with van der Waals surface area (Å²) in [6.07, 6.45) is 4.99. The Balaban J connectivity index is 1.40. The second-order valence-electron chi connectivity index (χ2n) is 6.60. The average molecular weight is 352 g/mol. The summed E-state index contributed by atoms with van der Waals surface area (Å²) in [4.78, 5) is 10.5. The summed E-state index contributed by atoms with van der Waals surface area (Å²) in [5, 5.41) is 7.86. The first-order valence-corrected chi connectivity index (χ1v) is 8.70. The topological polar surface area (TPSA) is 58.9 Å². The third kappa shape index (κ3) is 3.72. The minimum absolute atomic E-state index is 0.127. The van der Waals surface area contributed by atoms with E-state index in [1.165, 1.54) is 0 Å². The van der Waals surface area contributed by atoms with Crippen LogP contribution in [0.1, 0.15) is 22.5 Å². The molecule has 3 heterocycles. The number of fused-ring (bicyclic) bond motifs is 1. The van der Waals surface area contributed by atoms with Gasteiger partial charge in [-0.25, -0.2) is 9.37 Å². The molecule has 26 heavy (non-hydrogen) atoms. The number of hydrogen-bond acceptors (Lipinski definition) is 5. The lowest BCUT2D eigenvalue weighted by Gasteiger charge is -2.27. The summed E-state index contributed by atoms with van der Waals surface area (Å²) in [6.45, 7) is 5.57. The molecule has 1 aromatic carbocycles. The van der Waals surface area contributed by atoms with Gasteiger partial charge in [0.25, 0.3) is 0 Å². The normalized spacial score (nSPS) is 14.2. The zero-order chi connectivity index (χ0) is 17.9. The third-order valence-corrected chi connectivity index (χ3v) is 4.54. The fourth-order valence-corrected chi connectivity index (χ4v) is 3.19. The second-order valence-corrected chi connectivity index (χ2v) is 6.60. The molecule has 3 aromatic rings. The van der Waals surface area contributed by atoms with Gasteiger partial charge in [-0.15, -0.1) is 0 Å². The van der Waals surface area contributed by atoms with Crippen LogP contribution in [0.2, 0.25) is 0 Å². The lowest BCUT2D eigenvalue weighted by molar-refractivity contribution is 0.202. The minimum Gasteiger partial charge on any atom is -0.363 e. The van der Waals surface area contributed by atoms with Crippen LogP contribution < -0.4 is 5.32 Å². The van der Waals surface area contributed by atoms with Crippen LogP contribution in [0.25, 0.3) is 0 Å². The summed E-state index contributed by atoms with van der Waals surface area (Å²) in [6, 6.07) is 7.54. The van der Waals surface area contributed by atoms with Gasteiger partial charge in [-0.2, -0.15) is 5.10 Å².